The van der Waals surface area contributed by atoms with E-state index in [1.807, 2.05) is 0 Å². The predicted molar refractivity (Wildman–Crippen MR) is 62.5 cm³/mol. The molecule has 1 saturated heterocycles. The van der Waals surface area contributed by atoms with Crippen LogP contribution in [0, 0.1) is 0 Å². The molecule has 2 aliphatic rings. The summed E-state index contributed by atoms with van der Waals surface area (Å²) in [5.74, 6) is 0. The van der Waals surface area contributed by atoms with E-state index in [9.17, 15) is 0 Å². The third kappa shape index (κ3) is 1.49. The fourth-order valence-corrected chi connectivity index (χ4v) is 2.73. The summed E-state index contributed by atoms with van der Waals surface area (Å²) in [4.78, 5) is 4.42. The largest absolute Gasteiger partial charge is 0.317 e. The van der Waals surface area contributed by atoms with E-state index in [1.165, 1.54) is 18.4 Å². The van der Waals surface area contributed by atoms with E-state index in [0.717, 1.165) is 13.1 Å². The molecule has 0 aromatic heterocycles. The van der Waals surface area contributed by atoms with Crippen molar-refractivity contribution < 1.29 is 0 Å². The van der Waals surface area contributed by atoms with Gasteiger partial charge in [0.25, 0.3) is 0 Å². The Bertz CT molecular complexity index is 357. The predicted octanol–water partition coefficient (Wildman–Crippen LogP) is 1.76. The summed E-state index contributed by atoms with van der Waals surface area (Å²) in [5.41, 5.74) is 1.76. The van der Waals surface area contributed by atoms with Crippen LogP contribution in [0.5, 0.6) is 0 Å². The van der Waals surface area contributed by atoms with E-state index >= 15 is 0 Å². The first-order valence-corrected chi connectivity index (χ1v) is 5.71. The molecule has 78 valence electrons. The summed E-state index contributed by atoms with van der Waals surface area (Å²) in [7, 11) is 0. The van der Waals surface area contributed by atoms with E-state index in [2.05, 4.69) is 46.9 Å². The first-order valence-electron chi connectivity index (χ1n) is 5.71. The van der Waals surface area contributed by atoms with Crippen molar-refractivity contribution in [2.45, 2.75) is 24.3 Å². The van der Waals surface area contributed by atoms with Crippen LogP contribution < -0.4 is 5.32 Å². The minimum atomic E-state index is 0.298. The van der Waals surface area contributed by atoms with E-state index in [-0.39, 0.29) is 0 Å². The van der Waals surface area contributed by atoms with Crippen molar-refractivity contribution in [3.05, 3.63) is 35.9 Å². The molecule has 0 spiro atoms. The van der Waals surface area contributed by atoms with Crippen molar-refractivity contribution in [1.82, 2.24) is 5.32 Å². The second kappa shape index (κ2) is 3.46. The quantitative estimate of drug-likeness (QED) is 0.773. The molecule has 1 aromatic carbocycles. The summed E-state index contributed by atoms with van der Waals surface area (Å²) in [6.07, 6.45) is 4.53. The molecule has 0 saturated carbocycles. The van der Waals surface area contributed by atoms with Gasteiger partial charge in [0.2, 0.25) is 0 Å². The van der Waals surface area contributed by atoms with Crippen LogP contribution in [0.2, 0.25) is 0 Å². The van der Waals surface area contributed by atoms with Crippen molar-refractivity contribution in [3.8, 4) is 0 Å². The Kier molecular flexibility index (Phi) is 2.10. The Morgan fingerprint density at radius 2 is 1.80 bits per heavy atom. The van der Waals surface area contributed by atoms with Crippen molar-refractivity contribution in [2.24, 2.45) is 4.99 Å². The molecule has 2 heteroatoms. The third-order valence-electron chi connectivity index (χ3n) is 3.71. The van der Waals surface area contributed by atoms with Gasteiger partial charge in [-0.2, -0.15) is 0 Å². The van der Waals surface area contributed by atoms with Gasteiger partial charge >= 0.3 is 0 Å². The Balaban J connectivity index is 1.96. The highest BCUT2D eigenvalue weighted by molar-refractivity contribution is 5.81. The lowest BCUT2D eigenvalue weighted by Gasteiger charge is -2.37. The zero-order valence-corrected chi connectivity index (χ0v) is 8.82. The van der Waals surface area contributed by atoms with Crippen LogP contribution in [0.25, 0.3) is 0 Å². The number of benzene rings is 1. The van der Waals surface area contributed by atoms with Crippen LogP contribution in [-0.2, 0) is 5.41 Å². The highest BCUT2D eigenvalue weighted by Crippen LogP contribution is 2.40. The van der Waals surface area contributed by atoms with Gasteiger partial charge in [-0.15, -0.1) is 0 Å². The lowest BCUT2D eigenvalue weighted by atomic mass is 9.70. The van der Waals surface area contributed by atoms with Crippen LogP contribution in [0.4, 0.5) is 0 Å². The smallest absolute Gasteiger partial charge is 0.0940 e. The Morgan fingerprint density at radius 1 is 1.13 bits per heavy atom. The van der Waals surface area contributed by atoms with Crippen LogP contribution in [-0.4, -0.2) is 25.3 Å². The minimum Gasteiger partial charge on any atom is -0.317 e. The van der Waals surface area contributed by atoms with Crippen molar-refractivity contribution >= 4 is 6.21 Å². The number of hydrogen-bond acceptors (Lipinski definition) is 2. The van der Waals surface area contributed by atoms with Gasteiger partial charge in [0.05, 0.1) is 6.04 Å². The lowest BCUT2D eigenvalue weighted by molar-refractivity contribution is 0.308. The zero-order chi connectivity index (χ0) is 10.1. The van der Waals surface area contributed by atoms with Crippen molar-refractivity contribution in [1.29, 1.82) is 0 Å². The first-order chi connectivity index (χ1) is 7.42. The Labute approximate surface area is 90.4 Å². The van der Waals surface area contributed by atoms with Gasteiger partial charge in [-0.3, -0.25) is 4.99 Å². The molecule has 1 fully saturated rings. The Morgan fingerprint density at radius 3 is 2.40 bits per heavy atom. The molecule has 2 heterocycles. The highest BCUT2D eigenvalue weighted by Gasteiger charge is 2.44. The summed E-state index contributed by atoms with van der Waals surface area (Å²) in [5, 5.41) is 3.44. The molecule has 1 aromatic rings. The first kappa shape index (κ1) is 9.10. The third-order valence-corrected chi connectivity index (χ3v) is 3.71. The van der Waals surface area contributed by atoms with Crippen LogP contribution in [0.1, 0.15) is 18.4 Å². The molecule has 1 unspecified atom stereocenters. The summed E-state index contributed by atoms with van der Waals surface area (Å²) >= 11 is 0. The van der Waals surface area contributed by atoms with Gasteiger partial charge in [-0.05, 0) is 31.5 Å². The van der Waals surface area contributed by atoms with Crippen LogP contribution in [0.3, 0.4) is 0 Å². The van der Waals surface area contributed by atoms with Gasteiger partial charge in [0, 0.05) is 11.6 Å². The van der Waals surface area contributed by atoms with Gasteiger partial charge in [0.1, 0.15) is 0 Å². The molecular weight excluding hydrogens is 184 g/mol. The maximum atomic E-state index is 4.42. The zero-order valence-electron chi connectivity index (χ0n) is 8.82. The minimum absolute atomic E-state index is 0.298. The number of piperidine rings is 1. The molecule has 2 aliphatic heterocycles. The van der Waals surface area contributed by atoms with E-state index in [4.69, 9.17) is 0 Å². The average Bonchev–Trinajstić information content (AvgIpc) is 3.15. The van der Waals surface area contributed by atoms with E-state index in [0.29, 0.717) is 11.5 Å². The lowest BCUT2D eigenvalue weighted by Crippen LogP contribution is -2.44. The summed E-state index contributed by atoms with van der Waals surface area (Å²) in [6.45, 7) is 2.24. The van der Waals surface area contributed by atoms with Gasteiger partial charge in [-0.1, -0.05) is 30.3 Å². The standard InChI is InChI=1S/C13H16N2/c1-2-4-11(5-3-1)13(12-10-15-12)6-8-14-9-7-13/h1-5,10,12,14H,6-9H2. The molecule has 2 nitrogen and oxygen atoms in total. The normalized spacial score (nSPS) is 27.6. The molecular formula is C13H16N2. The summed E-state index contributed by atoms with van der Waals surface area (Å²) in [6, 6.07) is 11.4. The maximum absolute atomic E-state index is 4.42. The average molecular weight is 200 g/mol. The summed E-state index contributed by atoms with van der Waals surface area (Å²) < 4.78 is 0. The van der Waals surface area contributed by atoms with Gasteiger partial charge in [0.15, 0.2) is 0 Å². The molecule has 0 radical (unpaired) electrons. The SMILES string of the molecule is C1=NC1C1(c2ccccc2)CCNCC1. The maximum Gasteiger partial charge on any atom is 0.0940 e. The molecule has 3 rings (SSSR count). The number of hydrogen-bond donors (Lipinski definition) is 1. The van der Waals surface area contributed by atoms with E-state index in [1.54, 1.807) is 0 Å². The Hall–Kier alpha value is -1.15. The molecule has 1 atom stereocenters. The number of rotatable bonds is 2. The second-order valence-electron chi connectivity index (χ2n) is 4.52. The molecule has 1 N–H and O–H groups in total. The fraction of sp³-hybridized carbons (Fsp3) is 0.462. The second-order valence-corrected chi connectivity index (χ2v) is 4.52. The fourth-order valence-electron chi connectivity index (χ4n) is 2.73. The number of nitrogens with one attached hydrogen (secondary N) is 1. The monoisotopic (exact) mass is 200 g/mol. The van der Waals surface area contributed by atoms with Crippen molar-refractivity contribution in [3.63, 3.8) is 0 Å². The molecule has 0 bridgehead atoms. The van der Waals surface area contributed by atoms with Gasteiger partial charge in [-0.25, -0.2) is 0 Å². The van der Waals surface area contributed by atoms with Gasteiger partial charge < -0.3 is 5.32 Å². The van der Waals surface area contributed by atoms with Crippen molar-refractivity contribution in [2.75, 3.05) is 13.1 Å². The number of nitrogens with zero attached hydrogens (tertiary/aromatic N) is 1. The van der Waals surface area contributed by atoms with Crippen LogP contribution in [0.15, 0.2) is 35.3 Å². The molecule has 0 amide bonds. The highest BCUT2D eigenvalue weighted by atomic mass is 15.0. The number of aliphatic imine (C=N–C) groups is 1. The molecule has 0 aliphatic carbocycles. The van der Waals surface area contributed by atoms with Crippen LogP contribution >= 0.6 is 0 Å². The topological polar surface area (TPSA) is 24.4 Å². The van der Waals surface area contributed by atoms with E-state index < -0.39 is 0 Å². The molecule has 15 heavy (non-hydrogen) atoms.